The van der Waals surface area contributed by atoms with Crippen molar-refractivity contribution in [2.75, 3.05) is 23.4 Å². The zero-order chi connectivity index (χ0) is 20.4. The molecule has 9 heteroatoms. The molecule has 0 atom stereocenters. The van der Waals surface area contributed by atoms with E-state index in [9.17, 15) is 9.59 Å². The molecule has 0 unspecified atom stereocenters. The van der Waals surface area contributed by atoms with E-state index in [0.717, 1.165) is 29.5 Å². The van der Waals surface area contributed by atoms with E-state index in [1.165, 1.54) is 22.2 Å². The molecule has 0 saturated heterocycles. The Balaban J connectivity index is 1.38. The lowest BCUT2D eigenvalue weighted by Gasteiger charge is -2.07. The molecule has 1 aromatic carbocycles. The number of nitrogens with two attached hydrogens (primary N) is 1. The van der Waals surface area contributed by atoms with Crippen LogP contribution in [0.5, 0.6) is 0 Å². The van der Waals surface area contributed by atoms with Crippen molar-refractivity contribution in [1.82, 2.24) is 9.97 Å². The van der Waals surface area contributed by atoms with Crippen LogP contribution in [-0.2, 0) is 22.4 Å². The van der Waals surface area contributed by atoms with Crippen LogP contribution in [0, 0.1) is 0 Å². The van der Waals surface area contributed by atoms with Gasteiger partial charge < -0.3 is 15.8 Å². The number of carbonyl (C=O) groups is 2. The summed E-state index contributed by atoms with van der Waals surface area (Å²) in [5.41, 5.74) is 8.51. The van der Waals surface area contributed by atoms with Crippen molar-refractivity contribution in [3.63, 3.8) is 0 Å². The number of aryl methyl sites for hydroxylation is 2. The van der Waals surface area contributed by atoms with E-state index < -0.39 is 0 Å². The third-order valence-electron chi connectivity index (χ3n) is 4.58. The number of ether oxygens (including phenoxy) is 1. The zero-order valence-corrected chi connectivity index (χ0v) is 17.5. The molecular formula is C20H20N4O3S2. The molecule has 1 aliphatic rings. The Morgan fingerprint density at radius 3 is 2.79 bits per heavy atom. The first-order chi connectivity index (χ1) is 14.0. The third kappa shape index (κ3) is 4.20. The maximum absolute atomic E-state index is 12.3. The summed E-state index contributed by atoms with van der Waals surface area (Å²) in [7, 11) is 0. The van der Waals surface area contributed by atoms with Gasteiger partial charge in [-0.2, -0.15) is 0 Å². The van der Waals surface area contributed by atoms with Crippen LogP contribution in [0.4, 0.5) is 11.5 Å². The fourth-order valence-electron chi connectivity index (χ4n) is 3.30. The number of benzene rings is 1. The van der Waals surface area contributed by atoms with E-state index in [1.54, 1.807) is 42.5 Å². The van der Waals surface area contributed by atoms with Crippen molar-refractivity contribution >= 4 is 56.7 Å². The topological polar surface area (TPSA) is 107 Å². The predicted octanol–water partition coefficient (Wildman–Crippen LogP) is 3.67. The summed E-state index contributed by atoms with van der Waals surface area (Å²) in [6, 6.07) is 6.58. The molecular weight excluding hydrogens is 408 g/mol. The number of hydrogen-bond donors (Lipinski definition) is 2. The van der Waals surface area contributed by atoms with Crippen LogP contribution in [0.25, 0.3) is 10.2 Å². The normalized spacial score (nSPS) is 12.7. The minimum atomic E-state index is -0.384. The van der Waals surface area contributed by atoms with E-state index >= 15 is 0 Å². The minimum Gasteiger partial charge on any atom is -0.462 e. The van der Waals surface area contributed by atoms with E-state index in [0.29, 0.717) is 28.8 Å². The average molecular weight is 429 g/mol. The number of anilines is 2. The van der Waals surface area contributed by atoms with Gasteiger partial charge in [0.2, 0.25) is 5.91 Å². The summed E-state index contributed by atoms with van der Waals surface area (Å²) >= 11 is 2.93. The van der Waals surface area contributed by atoms with Gasteiger partial charge in [0.05, 0.1) is 23.3 Å². The first-order valence-corrected chi connectivity index (χ1v) is 11.1. The SMILES string of the molecule is CCOC(=O)c1ccc(NC(=O)CSc2nc(N)c3c4c(sc3n2)CCC4)cc1. The third-order valence-corrected chi connectivity index (χ3v) is 6.62. The lowest BCUT2D eigenvalue weighted by Crippen LogP contribution is -2.14. The molecule has 7 nitrogen and oxygen atoms in total. The van der Waals surface area contributed by atoms with Crippen LogP contribution in [0.1, 0.15) is 34.1 Å². The van der Waals surface area contributed by atoms with Gasteiger partial charge in [0.15, 0.2) is 5.16 Å². The second-order valence-corrected chi connectivity index (χ2v) is 8.59. The Morgan fingerprint density at radius 2 is 2.03 bits per heavy atom. The lowest BCUT2D eigenvalue weighted by atomic mass is 10.2. The number of nitrogens with one attached hydrogen (secondary N) is 1. The van der Waals surface area contributed by atoms with Crippen molar-refractivity contribution in [1.29, 1.82) is 0 Å². The van der Waals surface area contributed by atoms with Crippen molar-refractivity contribution in [2.45, 2.75) is 31.3 Å². The van der Waals surface area contributed by atoms with Gasteiger partial charge >= 0.3 is 5.97 Å². The largest absolute Gasteiger partial charge is 0.462 e. The summed E-state index contributed by atoms with van der Waals surface area (Å²) in [5.74, 6) is 0.0858. The first kappa shape index (κ1) is 19.7. The second kappa shape index (κ2) is 8.38. The number of nitrogen functional groups attached to an aromatic ring is 1. The monoisotopic (exact) mass is 428 g/mol. The number of fused-ring (bicyclic) bond motifs is 3. The molecule has 29 heavy (non-hydrogen) atoms. The summed E-state index contributed by atoms with van der Waals surface area (Å²) in [6.45, 7) is 2.07. The van der Waals surface area contributed by atoms with Crippen LogP contribution < -0.4 is 11.1 Å². The molecule has 2 heterocycles. The van der Waals surface area contributed by atoms with Gasteiger partial charge in [-0.25, -0.2) is 14.8 Å². The first-order valence-electron chi connectivity index (χ1n) is 9.32. The maximum atomic E-state index is 12.3. The molecule has 0 saturated carbocycles. The number of thiophene rings is 1. The summed E-state index contributed by atoms with van der Waals surface area (Å²) in [4.78, 5) is 35.2. The summed E-state index contributed by atoms with van der Waals surface area (Å²) in [5, 5.41) is 4.28. The molecule has 0 radical (unpaired) electrons. The maximum Gasteiger partial charge on any atom is 0.338 e. The fraction of sp³-hybridized carbons (Fsp3) is 0.300. The second-order valence-electron chi connectivity index (χ2n) is 6.56. The Morgan fingerprint density at radius 1 is 1.24 bits per heavy atom. The molecule has 2 aromatic heterocycles. The zero-order valence-electron chi connectivity index (χ0n) is 15.9. The number of carbonyl (C=O) groups excluding carboxylic acids is 2. The van der Waals surface area contributed by atoms with Crippen LogP contribution >= 0.6 is 23.1 Å². The minimum absolute atomic E-state index is 0.162. The Hall–Kier alpha value is -2.65. The van der Waals surface area contributed by atoms with Crippen LogP contribution in [0.3, 0.4) is 0 Å². The lowest BCUT2D eigenvalue weighted by molar-refractivity contribution is -0.113. The van der Waals surface area contributed by atoms with E-state index in [4.69, 9.17) is 10.5 Å². The quantitative estimate of drug-likeness (QED) is 0.350. The van der Waals surface area contributed by atoms with Crippen molar-refractivity contribution in [3.05, 3.63) is 40.3 Å². The summed E-state index contributed by atoms with van der Waals surface area (Å²) < 4.78 is 4.94. The number of nitrogens with zero attached hydrogens (tertiary/aromatic N) is 2. The van der Waals surface area contributed by atoms with Gasteiger partial charge in [-0.05, 0) is 56.0 Å². The average Bonchev–Trinajstić information content (AvgIpc) is 3.28. The molecule has 0 spiro atoms. The highest BCUT2D eigenvalue weighted by Gasteiger charge is 2.21. The standard InChI is InChI=1S/C20H20N4O3S2/c1-2-27-19(26)11-6-8-12(9-7-11)22-15(25)10-28-20-23-17(21)16-13-4-3-5-14(13)29-18(16)24-20/h6-9H,2-5,10H2,1H3,(H,22,25)(H2,21,23,24). The Labute approximate surface area is 176 Å². The van der Waals surface area contributed by atoms with E-state index in [1.807, 2.05) is 0 Å². The molecule has 150 valence electrons. The smallest absolute Gasteiger partial charge is 0.338 e. The molecule has 1 aliphatic carbocycles. The van der Waals surface area contributed by atoms with E-state index in [2.05, 4.69) is 15.3 Å². The Bertz CT molecular complexity index is 1080. The number of aromatic nitrogens is 2. The fourth-order valence-corrected chi connectivity index (χ4v) is 5.28. The molecule has 3 N–H and O–H groups in total. The predicted molar refractivity (Wildman–Crippen MR) is 116 cm³/mol. The molecule has 4 rings (SSSR count). The van der Waals surface area contributed by atoms with Crippen LogP contribution in [0.15, 0.2) is 29.4 Å². The van der Waals surface area contributed by atoms with Gasteiger partial charge in [-0.15, -0.1) is 11.3 Å². The number of rotatable bonds is 6. The van der Waals surface area contributed by atoms with Gasteiger partial charge in [0.25, 0.3) is 0 Å². The number of hydrogen-bond acceptors (Lipinski definition) is 8. The van der Waals surface area contributed by atoms with Crippen molar-refractivity contribution in [3.8, 4) is 0 Å². The molecule has 0 bridgehead atoms. The summed E-state index contributed by atoms with van der Waals surface area (Å²) in [6.07, 6.45) is 3.27. The number of amides is 1. The van der Waals surface area contributed by atoms with Gasteiger partial charge in [-0.1, -0.05) is 11.8 Å². The highest BCUT2D eigenvalue weighted by molar-refractivity contribution is 7.99. The Kier molecular flexibility index (Phi) is 5.68. The van der Waals surface area contributed by atoms with Gasteiger partial charge in [-0.3, -0.25) is 4.79 Å². The van der Waals surface area contributed by atoms with Crippen LogP contribution in [0.2, 0.25) is 0 Å². The molecule has 1 amide bonds. The van der Waals surface area contributed by atoms with E-state index in [-0.39, 0.29) is 17.6 Å². The number of thioether (sulfide) groups is 1. The van der Waals surface area contributed by atoms with Gasteiger partial charge in [0.1, 0.15) is 10.6 Å². The van der Waals surface area contributed by atoms with Gasteiger partial charge in [0, 0.05) is 10.6 Å². The molecule has 0 aliphatic heterocycles. The van der Waals surface area contributed by atoms with Crippen molar-refractivity contribution in [2.24, 2.45) is 0 Å². The molecule has 3 aromatic rings. The number of esters is 1. The highest BCUT2D eigenvalue weighted by atomic mass is 32.2. The van der Waals surface area contributed by atoms with Crippen LogP contribution in [-0.4, -0.2) is 34.2 Å². The van der Waals surface area contributed by atoms with Crippen molar-refractivity contribution < 1.29 is 14.3 Å². The highest BCUT2D eigenvalue weighted by Crippen LogP contribution is 2.39. The molecule has 0 fully saturated rings.